The van der Waals surface area contributed by atoms with E-state index in [2.05, 4.69) is 10.2 Å². The molecule has 1 N–H and O–H groups in total. The number of aryl methyl sites for hydroxylation is 1. The highest BCUT2D eigenvalue weighted by Gasteiger charge is 2.21. The fourth-order valence-corrected chi connectivity index (χ4v) is 4.79. The van der Waals surface area contributed by atoms with Crippen molar-refractivity contribution in [3.8, 4) is 11.5 Å². The molecule has 7 nitrogen and oxygen atoms in total. The Morgan fingerprint density at radius 3 is 2.28 bits per heavy atom. The van der Waals surface area contributed by atoms with Gasteiger partial charge in [0.2, 0.25) is 5.91 Å². The molecule has 8 heteroatoms. The maximum atomic E-state index is 12.4. The van der Waals surface area contributed by atoms with Gasteiger partial charge >= 0.3 is 0 Å². The highest BCUT2D eigenvalue weighted by atomic mass is 32.2. The van der Waals surface area contributed by atoms with Gasteiger partial charge in [0, 0.05) is 31.2 Å². The Hall–Kier alpha value is -2.74. The van der Waals surface area contributed by atoms with Crippen molar-refractivity contribution in [2.24, 2.45) is 0 Å². The lowest BCUT2D eigenvalue weighted by molar-refractivity contribution is -0.121. The van der Waals surface area contributed by atoms with Crippen molar-refractivity contribution in [2.45, 2.75) is 43.5 Å². The molecule has 0 saturated carbocycles. The molecule has 1 saturated heterocycles. The predicted octanol–water partition coefficient (Wildman–Crippen LogP) is 3.22. The van der Waals surface area contributed by atoms with Gasteiger partial charge in [-0.15, -0.1) is 0 Å². The molecule has 1 fully saturated rings. The van der Waals surface area contributed by atoms with E-state index in [-0.39, 0.29) is 17.7 Å². The van der Waals surface area contributed by atoms with Gasteiger partial charge in [-0.3, -0.25) is 4.79 Å². The highest BCUT2D eigenvalue weighted by Crippen LogP contribution is 2.28. The van der Waals surface area contributed by atoms with Crippen molar-refractivity contribution < 1.29 is 22.7 Å². The SMILES string of the molecule is CCS(=O)(=O)c1ccc(N2CCC(NC(=O)CCc3ccc(OC)c(OC)c3)CC2)cc1. The molecule has 174 valence electrons. The Kier molecular flexibility index (Phi) is 8.01. The van der Waals surface area contributed by atoms with Crippen molar-refractivity contribution >= 4 is 21.4 Å². The summed E-state index contributed by atoms with van der Waals surface area (Å²) in [5.41, 5.74) is 2.04. The molecule has 0 radical (unpaired) electrons. The lowest BCUT2D eigenvalue weighted by Crippen LogP contribution is -2.44. The number of benzene rings is 2. The van der Waals surface area contributed by atoms with Crippen molar-refractivity contribution in [2.75, 3.05) is 38.0 Å². The normalized spacial score (nSPS) is 14.8. The van der Waals surface area contributed by atoms with Gasteiger partial charge in [-0.25, -0.2) is 8.42 Å². The number of methoxy groups -OCH3 is 2. The van der Waals surface area contributed by atoms with Crippen LogP contribution in [0, 0.1) is 0 Å². The minimum absolute atomic E-state index is 0.0485. The first kappa shape index (κ1) is 23.9. The van der Waals surface area contributed by atoms with E-state index in [1.807, 2.05) is 30.3 Å². The molecule has 0 aromatic heterocycles. The third kappa shape index (κ3) is 5.94. The van der Waals surface area contributed by atoms with Crippen molar-refractivity contribution in [1.29, 1.82) is 0 Å². The smallest absolute Gasteiger partial charge is 0.220 e. The molecule has 0 bridgehead atoms. The molecule has 32 heavy (non-hydrogen) atoms. The van der Waals surface area contributed by atoms with Crippen molar-refractivity contribution in [3.63, 3.8) is 0 Å². The van der Waals surface area contributed by atoms with Gasteiger partial charge in [-0.1, -0.05) is 13.0 Å². The van der Waals surface area contributed by atoms with Crippen LogP contribution in [-0.2, 0) is 21.1 Å². The van der Waals surface area contributed by atoms with E-state index in [0.717, 1.165) is 37.2 Å². The maximum Gasteiger partial charge on any atom is 0.220 e. The third-order valence-electron chi connectivity index (χ3n) is 5.89. The molecule has 1 aliphatic rings. The zero-order chi connectivity index (χ0) is 23.1. The first-order chi connectivity index (χ1) is 15.4. The summed E-state index contributed by atoms with van der Waals surface area (Å²) >= 11 is 0. The molecular weight excluding hydrogens is 428 g/mol. The Balaban J connectivity index is 1.46. The van der Waals surface area contributed by atoms with Crippen LogP contribution in [0.3, 0.4) is 0 Å². The van der Waals surface area contributed by atoms with Crippen LogP contribution in [0.2, 0.25) is 0 Å². The second kappa shape index (κ2) is 10.7. The average Bonchev–Trinajstić information content (AvgIpc) is 2.83. The number of ether oxygens (including phenoxy) is 2. The van der Waals surface area contributed by atoms with Crippen LogP contribution in [0.1, 0.15) is 31.7 Å². The molecule has 3 rings (SSSR count). The van der Waals surface area contributed by atoms with E-state index in [1.54, 1.807) is 33.3 Å². The summed E-state index contributed by atoms with van der Waals surface area (Å²) in [4.78, 5) is 15.0. The Labute approximate surface area is 190 Å². The first-order valence-corrected chi connectivity index (χ1v) is 12.6. The van der Waals surface area contributed by atoms with Crippen LogP contribution in [0.5, 0.6) is 11.5 Å². The van der Waals surface area contributed by atoms with Crippen LogP contribution in [-0.4, -0.2) is 53.4 Å². The fraction of sp³-hybridized carbons (Fsp3) is 0.458. The standard InChI is InChI=1S/C24H32N2O5S/c1-4-32(28,29)21-9-7-20(8-10-21)26-15-13-19(14-16-26)25-24(27)12-6-18-5-11-22(30-2)23(17-18)31-3/h5,7-11,17,19H,4,6,12-16H2,1-3H3,(H,25,27). The van der Waals surface area contributed by atoms with Crippen LogP contribution in [0.4, 0.5) is 5.69 Å². The molecule has 0 spiro atoms. The molecule has 1 amide bonds. The van der Waals surface area contributed by atoms with Crippen LogP contribution in [0.15, 0.2) is 47.4 Å². The molecule has 2 aromatic carbocycles. The number of hydrogen-bond donors (Lipinski definition) is 1. The summed E-state index contributed by atoms with van der Waals surface area (Å²) in [5, 5.41) is 3.15. The van der Waals surface area contributed by atoms with Gasteiger partial charge in [0.05, 0.1) is 24.9 Å². The van der Waals surface area contributed by atoms with Crippen LogP contribution >= 0.6 is 0 Å². The maximum absolute atomic E-state index is 12.4. The van der Waals surface area contributed by atoms with Gasteiger partial charge in [-0.2, -0.15) is 0 Å². The Morgan fingerprint density at radius 2 is 1.69 bits per heavy atom. The number of carbonyl (C=O) groups excluding carboxylic acids is 1. The van der Waals surface area contributed by atoms with Gasteiger partial charge in [-0.05, 0) is 61.2 Å². The summed E-state index contributed by atoms with van der Waals surface area (Å²) in [7, 11) is 0.0184. The molecule has 1 heterocycles. The van der Waals surface area contributed by atoms with Gasteiger partial charge in [0.15, 0.2) is 21.3 Å². The topological polar surface area (TPSA) is 84.9 Å². The van der Waals surface area contributed by atoms with Crippen molar-refractivity contribution in [3.05, 3.63) is 48.0 Å². The second-order valence-corrected chi connectivity index (χ2v) is 10.2. The predicted molar refractivity (Wildman–Crippen MR) is 125 cm³/mol. The van der Waals surface area contributed by atoms with E-state index in [9.17, 15) is 13.2 Å². The highest BCUT2D eigenvalue weighted by molar-refractivity contribution is 7.91. The fourth-order valence-electron chi connectivity index (χ4n) is 3.91. The van der Waals surface area contributed by atoms with E-state index < -0.39 is 9.84 Å². The Morgan fingerprint density at radius 1 is 1.03 bits per heavy atom. The number of anilines is 1. The van der Waals surface area contributed by atoms with Crippen LogP contribution in [0.25, 0.3) is 0 Å². The number of hydrogen-bond acceptors (Lipinski definition) is 6. The van der Waals surface area contributed by atoms with E-state index >= 15 is 0 Å². The molecule has 0 aliphatic carbocycles. The van der Waals surface area contributed by atoms with Crippen molar-refractivity contribution in [1.82, 2.24) is 5.32 Å². The average molecular weight is 461 g/mol. The summed E-state index contributed by atoms with van der Waals surface area (Å²) in [6.07, 6.45) is 2.77. The van der Waals surface area contributed by atoms with E-state index in [4.69, 9.17) is 9.47 Å². The number of amides is 1. The van der Waals surface area contributed by atoms with E-state index in [0.29, 0.717) is 29.2 Å². The lowest BCUT2D eigenvalue weighted by Gasteiger charge is -2.34. The summed E-state index contributed by atoms with van der Waals surface area (Å²) in [5.74, 6) is 1.49. The minimum Gasteiger partial charge on any atom is -0.493 e. The Bertz CT molecular complexity index is 1010. The number of rotatable bonds is 9. The number of sulfone groups is 1. The number of carbonyl (C=O) groups is 1. The monoisotopic (exact) mass is 460 g/mol. The summed E-state index contributed by atoms with van der Waals surface area (Å²) in [6.45, 7) is 3.29. The van der Waals surface area contributed by atoms with Gasteiger partial charge < -0.3 is 19.7 Å². The number of nitrogens with zero attached hydrogens (tertiary/aromatic N) is 1. The zero-order valence-electron chi connectivity index (χ0n) is 19.0. The summed E-state index contributed by atoms with van der Waals surface area (Å²) in [6, 6.07) is 12.9. The lowest BCUT2D eigenvalue weighted by atomic mass is 10.0. The third-order valence-corrected chi connectivity index (χ3v) is 7.64. The number of nitrogens with one attached hydrogen (secondary N) is 1. The first-order valence-electron chi connectivity index (χ1n) is 10.9. The molecule has 0 unspecified atom stereocenters. The van der Waals surface area contributed by atoms with Gasteiger partial charge in [0.25, 0.3) is 0 Å². The second-order valence-electron chi connectivity index (χ2n) is 7.92. The minimum atomic E-state index is -3.18. The quantitative estimate of drug-likeness (QED) is 0.619. The van der Waals surface area contributed by atoms with Gasteiger partial charge in [0.1, 0.15) is 0 Å². The molecule has 0 atom stereocenters. The zero-order valence-corrected chi connectivity index (χ0v) is 19.8. The summed E-state index contributed by atoms with van der Waals surface area (Å²) < 4.78 is 34.5. The molecule has 2 aromatic rings. The van der Waals surface area contributed by atoms with Crippen LogP contribution < -0.4 is 19.7 Å². The van der Waals surface area contributed by atoms with E-state index in [1.165, 1.54) is 0 Å². The largest absolute Gasteiger partial charge is 0.493 e. The molecule has 1 aliphatic heterocycles. The number of piperidine rings is 1. The molecular formula is C24H32N2O5S.